The lowest BCUT2D eigenvalue weighted by Gasteiger charge is -2.20. The molecule has 0 aliphatic carbocycles. The van der Waals surface area contributed by atoms with E-state index in [-0.39, 0.29) is 5.41 Å². The molecule has 2 heteroatoms. The first-order valence-electron chi connectivity index (χ1n) is 4.99. The Hall–Kier alpha value is -1.15. The maximum absolute atomic E-state index is 11.6. The minimum absolute atomic E-state index is 0.193. The molecular formula is C12H15NO. The first-order chi connectivity index (χ1) is 6.71. The van der Waals surface area contributed by atoms with Gasteiger partial charge in [0.15, 0.2) is 5.78 Å². The number of hydrogen-bond donors (Lipinski definition) is 1. The van der Waals surface area contributed by atoms with E-state index in [1.807, 2.05) is 25.1 Å². The normalized spacial score (nSPS) is 26.8. The van der Waals surface area contributed by atoms with E-state index in [9.17, 15) is 4.79 Å². The maximum Gasteiger partial charge on any atom is 0.154 e. The molecule has 0 aromatic heterocycles. The van der Waals surface area contributed by atoms with E-state index in [2.05, 4.69) is 17.4 Å². The van der Waals surface area contributed by atoms with Gasteiger partial charge in [0.25, 0.3) is 0 Å². The first kappa shape index (κ1) is 9.41. The molecule has 0 bridgehead atoms. The monoisotopic (exact) mass is 189 g/mol. The molecule has 1 aliphatic rings. The van der Waals surface area contributed by atoms with Gasteiger partial charge in [0.05, 0.1) is 6.54 Å². The minimum atomic E-state index is -0.193. The van der Waals surface area contributed by atoms with E-state index < -0.39 is 0 Å². The highest BCUT2D eigenvalue weighted by molar-refractivity contribution is 5.88. The van der Waals surface area contributed by atoms with Gasteiger partial charge in [-0.25, -0.2) is 0 Å². The average molecular weight is 189 g/mol. The Labute approximate surface area is 84.3 Å². The van der Waals surface area contributed by atoms with E-state index in [0.29, 0.717) is 12.3 Å². The van der Waals surface area contributed by atoms with E-state index in [1.54, 1.807) is 0 Å². The number of hydrogen-bond acceptors (Lipinski definition) is 2. The quantitative estimate of drug-likeness (QED) is 0.762. The van der Waals surface area contributed by atoms with Gasteiger partial charge in [0, 0.05) is 12.0 Å². The molecule has 2 nitrogen and oxygen atoms in total. The van der Waals surface area contributed by atoms with Crippen LogP contribution in [-0.2, 0) is 11.2 Å². The number of carbonyl (C=O) groups excluding carboxylic acids is 1. The Morgan fingerprint density at radius 1 is 1.36 bits per heavy atom. The lowest BCUT2D eigenvalue weighted by molar-refractivity contribution is -0.123. The maximum atomic E-state index is 11.6. The Morgan fingerprint density at radius 3 is 2.64 bits per heavy atom. The molecule has 1 N–H and O–H groups in total. The van der Waals surface area contributed by atoms with E-state index in [0.717, 1.165) is 13.0 Å². The Balaban J connectivity index is 2.14. The zero-order chi connectivity index (χ0) is 10.0. The van der Waals surface area contributed by atoms with Crippen LogP contribution >= 0.6 is 0 Å². The van der Waals surface area contributed by atoms with Crippen molar-refractivity contribution >= 4 is 5.78 Å². The van der Waals surface area contributed by atoms with Gasteiger partial charge in [-0.1, -0.05) is 37.3 Å². The highest BCUT2D eigenvalue weighted by Crippen LogP contribution is 2.26. The van der Waals surface area contributed by atoms with Gasteiger partial charge < -0.3 is 5.32 Å². The fraction of sp³-hybridized carbons (Fsp3) is 0.417. The van der Waals surface area contributed by atoms with Gasteiger partial charge in [-0.05, 0) is 12.0 Å². The molecule has 0 amide bonds. The van der Waals surface area contributed by atoms with Gasteiger partial charge in [0.2, 0.25) is 0 Å². The van der Waals surface area contributed by atoms with Crippen molar-refractivity contribution in [1.82, 2.24) is 5.32 Å². The van der Waals surface area contributed by atoms with E-state index in [1.165, 1.54) is 5.56 Å². The summed E-state index contributed by atoms with van der Waals surface area (Å²) in [5, 5.41) is 3.13. The molecule has 14 heavy (non-hydrogen) atoms. The summed E-state index contributed by atoms with van der Waals surface area (Å²) < 4.78 is 0. The van der Waals surface area contributed by atoms with Crippen molar-refractivity contribution in [2.45, 2.75) is 13.3 Å². The Bertz CT molecular complexity index is 333. The van der Waals surface area contributed by atoms with Crippen molar-refractivity contribution in [3.63, 3.8) is 0 Å². The highest BCUT2D eigenvalue weighted by Gasteiger charge is 2.36. The number of rotatable bonds is 2. The smallest absolute Gasteiger partial charge is 0.154 e. The molecule has 0 radical (unpaired) electrons. The predicted molar refractivity (Wildman–Crippen MR) is 56.1 cm³/mol. The summed E-state index contributed by atoms with van der Waals surface area (Å²) in [6.07, 6.45) is 0.847. The highest BCUT2D eigenvalue weighted by atomic mass is 16.1. The Morgan fingerprint density at radius 2 is 2.07 bits per heavy atom. The standard InChI is InChI=1S/C12H15NO/c1-12(9-13-8-11(12)14)7-10-5-3-2-4-6-10/h2-6,13H,7-9H2,1H3. The van der Waals surface area contributed by atoms with Crippen LogP contribution in [0.4, 0.5) is 0 Å². The lowest BCUT2D eigenvalue weighted by atomic mass is 9.82. The second-order valence-electron chi connectivity index (χ2n) is 4.25. The summed E-state index contributed by atoms with van der Waals surface area (Å²) in [5.74, 6) is 0.335. The second-order valence-corrected chi connectivity index (χ2v) is 4.25. The van der Waals surface area contributed by atoms with Crippen LogP contribution in [-0.4, -0.2) is 18.9 Å². The molecule has 1 atom stereocenters. The van der Waals surface area contributed by atoms with Crippen LogP contribution in [0.2, 0.25) is 0 Å². The number of Topliss-reactive ketones (excluding diaryl/α,β-unsaturated/α-hetero) is 1. The zero-order valence-electron chi connectivity index (χ0n) is 8.42. The first-order valence-corrected chi connectivity index (χ1v) is 4.99. The third-order valence-electron chi connectivity index (χ3n) is 2.91. The topological polar surface area (TPSA) is 29.1 Å². The number of benzene rings is 1. The average Bonchev–Trinajstić information content (AvgIpc) is 2.48. The van der Waals surface area contributed by atoms with Crippen molar-refractivity contribution in [2.75, 3.05) is 13.1 Å². The molecule has 1 aromatic rings. The summed E-state index contributed by atoms with van der Waals surface area (Å²) in [6.45, 7) is 3.38. The van der Waals surface area contributed by atoms with Gasteiger partial charge in [0.1, 0.15) is 0 Å². The summed E-state index contributed by atoms with van der Waals surface area (Å²) in [7, 11) is 0. The van der Waals surface area contributed by atoms with Gasteiger partial charge >= 0.3 is 0 Å². The summed E-state index contributed by atoms with van der Waals surface area (Å²) >= 11 is 0. The van der Waals surface area contributed by atoms with E-state index in [4.69, 9.17) is 0 Å². The fourth-order valence-corrected chi connectivity index (χ4v) is 1.97. The molecule has 1 aliphatic heterocycles. The van der Waals surface area contributed by atoms with Gasteiger partial charge in [-0.15, -0.1) is 0 Å². The van der Waals surface area contributed by atoms with Crippen LogP contribution in [0.5, 0.6) is 0 Å². The van der Waals surface area contributed by atoms with Crippen LogP contribution in [0.15, 0.2) is 30.3 Å². The third-order valence-corrected chi connectivity index (χ3v) is 2.91. The van der Waals surface area contributed by atoms with Crippen LogP contribution < -0.4 is 5.32 Å². The molecule has 2 rings (SSSR count). The zero-order valence-corrected chi connectivity index (χ0v) is 8.42. The SMILES string of the molecule is CC1(Cc2ccccc2)CNCC1=O. The molecule has 0 spiro atoms. The molecule has 1 heterocycles. The molecule has 1 aromatic carbocycles. The van der Waals surface area contributed by atoms with Crippen LogP contribution in [0, 0.1) is 5.41 Å². The van der Waals surface area contributed by atoms with Gasteiger partial charge in [-0.3, -0.25) is 4.79 Å². The predicted octanol–water partition coefficient (Wildman–Crippen LogP) is 1.41. The molecule has 74 valence electrons. The third kappa shape index (κ3) is 1.70. The van der Waals surface area contributed by atoms with Crippen molar-refractivity contribution < 1.29 is 4.79 Å². The van der Waals surface area contributed by atoms with Crippen LogP contribution in [0.25, 0.3) is 0 Å². The van der Waals surface area contributed by atoms with Crippen LogP contribution in [0.1, 0.15) is 12.5 Å². The van der Waals surface area contributed by atoms with Crippen molar-refractivity contribution in [3.8, 4) is 0 Å². The largest absolute Gasteiger partial charge is 0.309 e. The minimum Gasteiger partial charge on any atom is -0.309 e. The summed E-state index contributed by atoms with van der Waals surface area (Å²) in [4.78, 5) is 11.6. The molecule has 1 fully saturated rings. The lowest BCUT2D eigenvalue weighted by Crippen LogP contribution is -2.29. The molecule has 1 saturated heterocycles. The van der Waals surface area contributed by atoms with Crippen molar-refractivity contribution in [1.29, 1.82) is 0 Å². The van der Waals surface area contributed by atoms with Crippen molar-refractivity contribution in [3.05, 3.63) is 35.9 Å². The van der Waals surface area contributed by atoms with Crippen LogP contribution in [0.3, 0.4) is 0 Å². The molecule has 1 unspecified atom stereocenters. The number of carbonyl (C=O) groups is 1. The fourth-order valence-electron chi connectivity index (χ4n) is 1.97. The van der Waals surface area contributed by atoms with Gasteiger partial charge in [-0.2, -0.15) is 0 Å². The summed E-state index contributed by atoms with van der Waals surface area (Å²) in [6, 6.07) is 10.2. The molecular weight excluding hydrogens is 174 g/mol. The molecule has 0 saturated carbocycles. The second kappa shape index (κ2) is 3.54. The summed E-state index contributed by atoms with van der Waals surface area (Å²) in [5.41, 5.74) is 1.05. The Kier molecular flexibility index (Phi) is 2.38. The number of ketones is 1. The van der Waals surface area contributed by atoms with Crippen molar-refractivity contribution in [2.24, 2.45) is 5.41 Å². The van der Waals surface area contributed by atoms with E-state index >= 15 is 0 Å². The number of nitrogens with one attached hydrogen (secondary N) is 1.